The van der Waals surface area contributed by atoms with E-state index in [9.17, 15) is 0 Å². The van der Waals surface area contributed by atoms with E-state index >= 15 is 0 Å². The molecule has 0 saturated heterocycles. The van der Waals surface area contributed by atoms with Crippen LogP contribution >= 0.6 is 0 Å². The highest BCUT2D eigenvalue weighted by atomic mass is 14.0. The fourth-order valence-corrected chi connectivity index (χ4v) is 5.15. The van der Waals surface area contributed by atoms with Gasteiger partial charge in [0.25, 0.3) is 0 Å². The van der Waals surface area contributed by atoms with Crippen molar-refractivity contribution in [2.45, 2.75) is 206 Å². The number of allylic oxidation sites excluding steroid dienone is 2. The van der Waals surface area contributed by atoms with Crippen molar-refractivity contribution in [2.75, 3.05) is 0 Å². The lowest BCUT2D eigenvalue weighted by Crippen LogP contribution is -1.83. The van der Waals surface area contributed by atoms with Crippen molar-refractivity contribution in [3.8, 4) is 0 Å². The van der Waals surface area contributed by atoms with Crippen LogP contribution in [0.3, 0.4) is 0 Å². The predicted octanol–water partition coefficient (Wildman–Crippen LogP) is 13.3. The molecule has 0 saturated carbocycles. The minimum absolute atomic E-state index is 1.32. The van der Waals surface area contributed by atoms with Gasteiger partial charge in [-0.2, -0.15) is 0 Å². The lowest BCUT2D eigenvalue weighted by molar-refractivity contribution is 0.535. The number of unbranched alkanes of at least 4 members (excludes halogenated alkanes) is 28. The smallest absolute Gasteiger partial charge is 0.0351 e. The van der Waals surface area contributed by atoms with Gasteiger partial charge in [-0.25, -0.2) is 0 Å². The molecule has 0 fully saturated rings. The lowest BCUT2D eigenvalue weighted by Gasteiger charge is -2.03. The van der Waals surface area contributed by atoms with Crippen molar-refractivity contribution in [3.05, 3.63) is 12.2 Å². The Bertz CT molecular complexity index is 321. The van der Waals surface area contributed by atoms with Crippen LogP contribution in [0, 0.1) is 0 Å². The third kappa shape index (κ3) is 31.7. The van der Waals surface area contributed by atoms with E-state index in [-0.39, 0.29) is 0 Å². The van der Waals surface area contributed by atoms with Crippen LogP contribution in [0.5, 0.6) is 0 Å². The van der Waals surface area contributed by atoms with Gasteiger partial charge in [0.2, 0.25) is 0 Å². The maximum atomic E-state index is 2.46. The van der Waals surface area contributed by atoms with E-state index in [1.807, 2.05) is 0 Å². The molecule has 0 aliphatic heterocycles. The molecule has 0 unspecified atom stereocenters. The van der Waals surface area contributed by atoms with E-state index in [1.54, 1.807) is 0 Å². The topological polar surface area (TPSA) is 0 Å². The summed E-state index contributed by atoms with van der Waals surface area (Å²) in [6, 6.07) is 0. The first-order valence-electron chi connectivity index (χ1n) is 16.6. The van der Waals surface area contributed by atoms with Gasteiger partial charge in [-0.3, -0.25) is 0 Å². The van der Waals surface area contributed by atoms with Gasteiger partial charge >= 0.3 is 0 Å². The van der Waals surface area contributed by atoms with E-state index in [1.165, 1.54) is 193 Å². The minimum Gasteiger partial charge on any atom is -0.0885 e. The van der Waals surface area contributed by atoms with Crippen LogP contribution in [0.25, 0.3) is 0 Å². The molecule has 0 heterocycles. The van der Waals surface area contributed by atoms with Crippen molar-refractivity contribution in [1.29, 1.82) is 0 Å². The van der Waals surface area contributed by atoms with Crippen LogP contribution in [-0.4, -0.2) is 0 Å². The fourth-order valence-electron chi connectivity index (χ4n) is 5.15. The summed E-state index contributed by atoms with van der Waals surface area (Å²) in [7, 11) is 0. The molecule has 34 heavy (non-hydrogen) atoms. The molecule has 0 aliphatic rings. The average Bonchev–Trinajstić information content (AvgIpc) is 2.85. The van der Waals surface area contributed by atoms with Gasteiger partial charge in [0, 0.05) is 0 Å². The van der Waals surface area contributed by atoms with Crippen molar-refractivity contribution in [1.82, 2.24) is 0 Å². The molecule has 0 aromatic heterocycles. The van der Waals surface area contributed by atoms with Crippen LogP contribution < -0.4 is 0 Å². The van der Waals surface area contributed by atoms with Crippen molar-refractivity contribution < 1.29 is 0 Å². The van der Waals surface area contributed by atoms with Crippen LogP contribution in [0.4, 0.5) is 0 Å². The van der Waals surface area contributed by atoms with Crippen LogP contribution in [-0.2, 0) is 0 Å². The number of hydrogen-bond donors (Lipinski definition) is 0. The predicted molar refractivity (Wildman–Crippen MR) is 159 cm³/mol. The molecule has 0 heteroatoms. The lowest BCUT2D eigenvalue weighted by atomic mass is 10.0. The molecular weight excluding hydrogens is 408 g/mol. The maximum Gasteiger partial charge on any atom is -0.0351 e. The number of hydrogen-bond acceptors (Lipinski definition) is 0. The molecule has 0 aliphatic carbocycles. The van der Waals surface area contributed by atoms with Gasteiger partial charge in [0.1, 0.15) is 0 Å². The minimum atomic E-state index is 1.32. The Kier molecular flexibility index (Phi) is 32.5. The number of rotatable bonds is 30. The Morgan fingerprint density at radius 2 is 0.412 bits per heavy atom. The standard InChI is InChI=1S/C34H68/c1-3-5-7-9-11-13-15-17-19-21-23-25-27-29-31-33-34-32-30-28-26-24-22-20-18-16-14-12-10-8-6-4-2/h33-34H,3-32H2,1-2H3. The second-order valence-electron chi connectivity index (χ2n) is 11.2. The van der Waals surface area contributed by atoms with Crippen LogP contribution in [0.15, 0.2) is 12.2 Å². The summed E-state index contributed by atoms with van der Waals surface area (Å²) in [4.78, 5) is 0. The summed E-state index contributed by atoms with van der Waals surface area (Å²) in [5.41, 5.74) is 0. The monoisotopic (exact) mass is 477 g/mol. The molecule has 0 aromatic carbocycles. The van der Waals surface area contributed by atoms with Crippen molar-refractivity contribution >= 4 is 0 Å². The Morgan fingerprint density at radius 3 is 0.618 bits per heavy atom. The second kappa shape index (κ2) is 32.7. The molecule has 0 bridgehead atoms. The molecule has 0 nitrogen and oxygen atoms in total. The van der Waals surface area contributed by atoms with Gasteiger partial charge < -0.3 is 0 Å². The van der Waals surface area contributed by atoms with E-state index < -0.39 is 0 Å². The zero-order valence-electron chi connectivity index (χ0n) is 24.4. The van der Waals surface area contributed by atoms with Crippen molar-refractivity contribution in [3.63, 3.8) is 0 Å². The second-order valence-corrected chi connectivity index (χ2v) is 11.2. The summed E-state index contributed by atoms with van der Waals surface area (Å²) < 4.78 is 0. The third-order valence-electron chi connectivity index (χ3n) is 7.62. The molecule has 204 valence electrons. The highest BCUT2D eigenvalue weighted by molar-refractivity contribution is 4.81. The molecular formula is C34H68. The first-order chi connectivity index (χ1) is 16.9. The summed E-state index contributed by atoms with van der Waals surface area (Å²) in [5.74, 6) is 0. The van der Waals surface area contributed by atoms with E-state index in [0.717, 1.165) is 0 Å². The summed E-state index contributed by atoms with van der Waals surface area (Å²) >= 11 is 0. The van der Waals surface area contributed by atoms with E-state index in [2.05, 4.69) is 26.0 Å². The summed E-state index contributed by atoms with van der Waals surface area (Å²) in [6.07, 6.45) is 48.4. The average molecular weight is 477 g/mol. The molecule has 0 amide bonds. The molecule has 0 rings (SSSR count). The Labute approximate surface area is 218 Å². The zero-order valence-corrected chi connectivity index (χ0v) is 24.4. The largest absolute Gasteiger partial charge is 0.0885 e. The van der Waals surface area contributed by atoms with Crippen LogP contribution in [0.2, 0.25) is 0 Å². The normalized spacial score (nSPS) is 11.7. The van der Waals surface area contributed by atoms with Crippen LogP contribution in [0.1, 0.15) is 206 Å². The first kappa shape index (κ1) is 33.7. The van der Waals surface area contributed by atoms with Crippen molar-refractivity contribution in [2.24, 2.45) is 0 Å². The Morgan fingerprint density at radius 1 is 0.235 bits per heavy atom. The summed E-state index contributed by atoms with van der Waals surface area (Å²) in [6.45, 7) is 4.61. The van der Waals surface area contributed by atoms with Gasteiger partial charge in [-0.1, -0.05) is 193 Å². The quantitative estimate of drug-likeness (QED) is 0.0714. The Balaban J connectivity index is 3.07. The summed E-state index contributed by atoms with van der Waals surface area (Å²) in [5, 5.41) is 0. The maximum absolute atomic E-state index is 2.46. The highest BCUT2D eigenvalue weighted by Gasteiger charge is 1.95. The van der Waals surface area contributed by atoms with E-state index in [4.69, 9.17) is 0 Å². The SMILES string of the molecule is CCCCCCCCCCCCCCCCC=CCCCCCCCCCCCCCCCC. The van der Waals surface area contributed by atoms with Gasteiger partial charge in [-0.15, -0.1) is 0 Å². The fraction of sp³-hybridized carbons (Fsp3) is 0.941. The zero-order chi connectivity index (χ0) is 24.6. The molecule has 0 spiro atoms. The van der Waals surface area contributed by atoms with Gasteiger partial charge in [0.05, 0.1) is 0 Å². The third-order valence-corrected chi connectivity index (χ3v) is 7.62. The molecule has 0 radical (unpaired) electrons. The van der Waals surface area contributed by atoms with E-state index in [0.29, 0.717) is 0 Å². The van der Waals surface area contributed by atoms with Gasteiger partial charge in [0.15, 0.2) is 0 Å². The highest BCUT2D eigenvalue weighted by Crippen LogP contribution is 2.15. The first-order valence-corrected chi connectivity index (χ1v) is 16.6. The van der Waals surface area contributed by atoms with Gasteiger partial charge in [-0.05, 0) is 25.7 Å². The molecule has 0 aromatic rings. The molecule has 0 atom stereocenters. The Hall–Kier alpha value is -0.260. The molecule has 0 N–H and O–H groups in total.